The second-order valence-electron chi connectivity index (χ2n) is 9.71. The Labute approximate surface area is 213 Å². The van der Waals surface area contributed by atoms with E-state index in [0.717, 1.165) is 68.1 Å². The van der Waals surface area contributed by atoms with E-state index in [9.17, 15) is 4.79 Å². The van der Waals surface area contributed by atoms with Crippen LogP contribution in [0, 0.1) is 0 Å². The topological polar surface area (TPSA) is 55.5 Å². The van der Waals surface area contributed by atoms with Gasteiger partial charge in [-0.3, -0.25) is 4.79 Å². The van der Waals surface area contributed by atoms with Gasteiger partial charge in [0.05, 0.1) is 11.0 Å². The molecule has 0 radical (unpaired) electrons. The van der Waals surface area contributed by atoms with E-state index in [1.54, 1.807) is 0 Å². The Bertz CT molecular complexity index is 1220. The number of benzene rings is 3. The molecule has 36 heavy (non-hydrogen) atoms. The third-order valence-electron chi connectivity index (χ3n) is 7.19. The maximum Gasteiger partial charge on any atom is 0.253 e. The number of carbonyl (C=O) groups is 1. The molecule has 1 fully saturated rings. The number of para-hydroxylation sites is 2. The number of hydrogen-bond acceptors (Lipinski definition) is 4. The third-order valence-corrected chi connectivity index (χ3v) is 7.19. The predicted molar refractivity (Wildman–Crippen MR) is 147 cm³/mol. The Morgan fingerprint density at radius 1 is 0.917 bits per heavy atom. The maximum absolute atomic E-state index is 13.0. The molecule has 186 valence electrons. The minimum Gasteiger partial charge on any atom is -0.341 e. The van der Waals surface area contributed by atoms with Gasteiger partial charge in [0.1, 0.15) is 0 Å². The Hall–Kier alpha value is -3.64. The van der Waals surface area contributed by atoms with Crippen LogP contribution >= 0.6 is 0 Å². The van der Waals surface area contributed by atoms with Crippen molar-refractivity contribution in [2.24, 2.45) is 0 Å². The van der Waals surface area contributed by atoms with E-state index in [1.165, 1.54) is 5.56 Å². The smallest absolute Gasteiger partial charge is 0.253 e. The molecule has 1 saturated heterocycles. The van der Waals surface area contributed by atoms with Gasteiger partial charge in [-0.25, -0.2) is 4.98 Å². The average molecular weight is 482 g/mol. The Kier molecular flexibility index (Phi) is 7.62. The van der Waals surface area contributed by atoms with Crippen molar-refractivity contribution in [2.75, 3.05) is 51.2 Å². The SMILES string of the molecule is CN(CC(CCN1CCCN(c2nc3ccccc3[nH]2)CC1)c1ccccc1)C(=O)c1ccccc1. The van der Waals surface area contributed by atoms with Crippen molar-refractivity contribution in [3.63, 3.8) is 0 Å². The van der Waals surface area contributed by atoms with Crippen LogP contribution in [0.5, 0.6) is 0 Å². The number of nitrogens with zero attached hydrogens (tertiary/aromatic N) is 4. The Morgan fingerprint density at radius 3 is 2.42 bits per heavy atom. The van der Waals surface area contributed by atoms with Crippen LogP contribution in [0.25, 0.3) is 11.0 Å². The normalized spacial score (nSPS) is 15.5. The molecular weight excluding hydrogens is 446 g/mol. The van der Waals surface area contributed by atoms with Crippen molar-refractivity contribution in [1.29, 1.82) is 0 Å². The monoisotopic (exact) mass is 481 g/mol. The van der Waals surface area contributed by atoms with Crippen LogP contribution < -0.4 is 4.90 Å². The van der Waals surface area contributed by atoms with Gasteiger partial charge in [0.2, 0.25) is 5.95 Å². The second-order valence-corrected chi connectivity index (χ2v) is 9.71. The van der Waals surface area contributed by atoms with Gasteiger partial charge in [0, 0.05) is 44.7 Å². The molecule has 1 N–H and O–H groups in total. The molecule has 6 nitrogen and oxygen atoms in total. The molecule has 6 heteroatoms. The van der Waals surface area contributed by atoms with Crippen molar-refractivity contribution < 1.29 is 4.79 Å². The summed E-state index contributed by atoms with van der Waals surface area (Å²) >= 11 is 0. The quantitative estimate of drug-likeness (QED) is 0.384. The zero-order valence-corrected chi connectivity index (χ0v) is 21.0. The molecule has 1 aliphatic heterocycles. The van der Waals surface area contributed by atoms with E-state index in [1.807, 2.05) is 54.4 Å². The van der Waals surface area contributed by atoms with Crippen LogP contribution in [0.15, 0.2) is 84.9 Å². The number of likely N-dealkylation sites (N-methyl/N-ethyl adjacent to an activating group) is 1. The average Bonchev–Trinajstić information content (AvgIpc) is 3.22. The number of aromatic nitrogens is 2. The molecule has 5 rings (SSSR count). The standard InChI is InChI=1S/C30H35N5O/c1-33(29(36)25-13-6-3-7-14-25)23-26(24-11-4-2-5-12-24)17-20-34-18-10-19-35(22-21-34)30-31-27-15-8-9-16-28(27)32-30/h2-9,11-16,26H,10,17-23H2,1H3,(H,31,32). The van der Waals surface area contributed by atoms with Gasteiger partial charge in [0.25, 0.3) is 5.91 Å². The van der Waals surface area contributed by atoms with E-state index >= 15 is 0 Å². The summed E-state index contributed by atoms with van der Waals surface area (Å²) in [6.45, 7) is 5.78. The number of H-pyrrole nitrogens is 1. The first kappa shape index (κ1) is 24.1. The first-order chi connectivity index (χ1) is 17.7. The lowest BCUT2D eigenvalue weighted by Crippen LogP contribution is -2.35. The van der Waals surface area contributed by atoms with Crippen LogP contribution in [0.2, 0.25) is 0 Å². The Morgan fingerprint density at radius 2 is 1.64 bits per heavy atom. The number of anilines is 1. The lowest BCUT2D eigenvalue weighted by Gasteiger charge is -2.28. The Balaban J connectivity index is 1.21. The molecule has 1 aromatic heterocycles. The molecule has 1 atom stereocenters. The molecule has 0 spiro atoms. The molecule has 4 aromatic rings. The third kappa shape index (κ3) is 5.77. The first-order valence-electron chi connectivity index (χ1n) is 12.9. The van der Waals surface area contributed by atoms with E-state index in [0.29, 0.717) is 12.5 Å². The summed E-state index contributed by atoms with van der Waals surface area (Å²) in [4.78, 5) is 28.1. The fourth-order valence-corrected chi connectivity index (χ4v) is 5.14. The highest BCUT2D eigenvalue weighted by Gasteiger charge is 2.22. The van der Waals surface area contributed by atoms with Crippen LogP contribution in [0.3, 0.4) is 0 Å². The zero-order valence-electron chi connectivity index (χ0n) is 21.0. The van der Waals surface area contributed by atoms with Crippen LogP contribution in [0.1, 0.15) is 34.7 Å². The molecule has 0 aliphatic carbocycles. The number of aromatic amines is 1. The number of carbonyl (C=O) groups excluding carboxylic acids is 1. The molecule has 0 saturated carbocycles. The summed E-state index contributed by atoms with van der Waals surface area (Å²) in [5.41, 5.74) is 4.15. The van der Waals surface area contributed by atoms with E-state index in [2.05, 4.69) is 57.2 Å². The van der Waals surface area contributed by atoms with Gasteiger partial charge in [-0.2, -0.15) is 0 Å². The van der Waals surface area contributed by atoms with Crippen LogP contribution in [-0.4, -0.2) is 72.0 Å². The highest BCUT2D eigenvalue weighted by atomic mass is 16.2. The summed E-state index contributed by atoms with van der Waals surface area (Å²) in [7, 11) is 1.92. The minimum atomic E-state index is 0.0766. The highest BCUT2D eigenvalue weighted by Crippen LogP contribution is 2.23. The lowest BCUT2D eigenvalue weighted by atomic mass is 9.94. The second kappa shape index (κ2) is 11.4. The minimum absolute atomic E-state index is 0.0766. The number of nitrogens with one attached hydrogen (secondary N) is 1. The number of fused-ring (bicyclic) bond motifs is 1. The van der Waals surface area contributed by atoms with Crippen molar-refractivity contribution in [3.05, 3.63) is 96.1 Å². The van der Waals surface area contributed by atoms with Gasteiger partial charge in [-0.15, -0.1) is 0 Å². The van der Waals surface area contributed by atoms with Gasteiger partial charge in [-0.05, 0) is 55.8 Å². The largest absolute Gasteiger partial charge is 0.341 e. The van der Waals surface area contributed by atoms with E-state index < -0.39 is 0 Å². The van der Waals surface area contributed by atoms with Crippen molar-refractivity contribution in [2.45, 2.75) is 18.8 Å². The fourth-order valence-electron chi connectivity index (χ4n) is 5.14. The zero-order chi connectivity index (χ0) is 24.7. The molecule has 1 amide bonds. The summed E-state index contributed by atoms with van der Waals surface area (Å²) in [6, 6.07) is 28.4. The molecule has 1 unspecified atom stereocenters. The van der Waals surface area contributed by atoms with Crippen molar-refractivity contribution >= 4 is 22.9 Å². The number of hydrogen-bond donors (Lipinski definition) is 1. The molecular formula is C30H35N5O. The van der Waals surface area contributed by atoms with Crippen molar-refractivity contribution in [1.82, 2.24) is 19.8 Å². The summed E-state index contributed by atoms with van der Waals surface area (Å²) in [5, 5.41) is 0. The number of rotatable bonds is 8. The molecule has 0 bridgehead atoms. The van der Waals surface area contributed by atoms with Gasteiger partial charge < -0.3 is 19.7 Å². The van der Waals surface area contributed by atoms with E-state index in [-0.39, 0.29) is 5.91 Å². The molecule has 1 aliphatic rings. The van der Waals surface area contributed by atoms with Gasteiger partial charge >= 0.3 is 0 Å². The highest BCUT2D eigenvalue weighted by molar-refractivity contribution is 5.94. The lowest BCUT2D eigenvalue weighted by molar-refractivity contribution is 0.0783. The van der Waals surface area contributed by atoms with Crippen LogP contribution in [-0.2, 0) is 0 Å². The van der Waals surface area contributed by atoms with Gasteiger partial charge in [-0.1, -0.05) is 60.7 Å². The summed E-state index contributed by atoms with van der Waals surface area (Å²) < 4.78 is 0. The summed E-state index contributed by atoms with van der Waals surface area (Å²) in [6.07, 6.45) is 2.13. The van der Waals surface area contributed by atoms with Gasteiger partial charge in [0.15, 0.2) is 0 Å². The predicted octanol–water partition coefficient (Wildman–Crippen LogP) is 5.02. The first-order valence-corrected chi connectivity index (χ1v) is 12.9. The summed E-state index contributed by atoms with van der Waals surface area (Å²) in [5.74, 6) is 1.34. The number of amides is 1. The van der Waals surface area contributed by atoms with Crippen molar-refractivity contribution in [3.8, 4) is 0 Å². The fraction of sp³-hybridized carbons (Fsp3) is 0.333. The molecule has 2 heterocycles. The number of imidazole rings is 1. The van der Waals surface area contributed by atoms with Crippen LogP contribution in [0.4, 0.5) is 5.95 Å². The van der Waals surface area contributed by atoms with E-state index in [4.69, 9.17) is 4.98 Å². The maximum atomic E-state index is 13.0. The molecule has 3 aromatic carbocycles.